The lowest BCUT2D eigenvalue weighted by molar-refractivity contribution is 0.288. The highest BCUT2D eigenvalue weighted by molar-refractivity contribution is 6.34. The minimum absolute atomic E-state index is 0.0995. The van der Waals surface area contributed by atoms with Gasteiger partial charge in [0.2, 0.25) is 17.5 Å². The van der Waals surface area contributed by atoms with Gasteiger partial charge in [0, 0.05) is 11.1 Å². The second kappa shape index (κ2) is 11.7. The lowest BCUT2D eigenvalue weighted by Gasteiger charge is -2.24. The Balaban J connectivity index is 2.47. The highest BCUT2D eigenvalue weighted by Crippen LogP contribution is 2.51. The lowest BCUT2D eigenvalue weighted by atomic mass is 9.83. The van der Waals surface area contributed by atoms with E-state index >= 15 is 17.6 Å². The minimum atomic E-state index is -3.28. The zero-order valence-electron chi connectivity index (χ0n) is 20.9. The number of benzene rings is 4. The molecule has 0 amide bonds. The van der Waals surface area contributed by atoms with Crippen LogP contribution in [0, 0.1) is 87.3 Å². The molecule has 2 N–H and O–H groups in total. The van der Waals surface area contributed by atoms with E-state index < -0.39 is 139 Å². The highest BCUT2D eigenvalue weighted by Gasteiger charge is 2.38. The van der Waals surface area contributed by atoms with Gasteiger partial charge in [-0.3, -0.25) is 0 Å². The fourth-order valence-electron chi connectivity index (χ4n) is 4.30. The molecule has 0 atom stereocenters. The fourth-order valence-corrected chi connectivity index (χ4v) is 4.30. The summed E-state index contributed by atoms with van der Waals surface area (Å²) in [6.07, 6.45) is 0.134. The van der Waals surface area contributed by atoms with Gasteiger partial charge in [-0.05, 0) is 17.2 Å². The third kappa shape index (κ3) is 4.95. The van der Waals surface area contributed by atoms with Crippen LogP contribution in [0.25, 0.3) is 39.5 Å². The summed E-state index contributed by atoms with van der Waals surface area (Å²) in [4.78, 5) is 0. The standard InChI is InChI=1S/C26H6BF15O3/c1-2-4-5(8-12(28)18(34)24(40)19(35)13(8)29)3-6(45-27(43)44)9(11-16(32)22(38)26(42)23(39)17(11)33)7(4)10-14(30)20(36)25(41)21(37)15(10)31/h2-3,43-44H,1H2. The SMILES string of the molecule is C=Cc1c(-c2c(F)c(F)c(F)c(F)c2F)cc(OB(O)O)c(-c2c(F)c(F)c(F)c(F)c2F)c1-c1c(F)c(F)c(F)c(F)c1F. The van der Waals surface area contributed by atoms with Crippen LogP contribution in [0.5, 0.6) is 5.75 Å². The Labute approximate surface area is 239 Å². The highest BCUT2D eigenvalue weighted by atomic mass is 19.2. The van der Waals surface area contributed by atoms with Crippen molar-refractivity contribution in [3.05, 3.63) is 105 Å². The first-order chi connectivity index (χ1) is 20.9. The smallest absolute Gasteiger partial charge is 0.511 e. The zero-order chi connectivity index (χ0) is 34.0. The predicted molar refractivity (Wildman–Crippen MR) is 123 cm³/mol. The number of hydrogen-bond acceptors (Lipinski definition) is 3. The third-order valence-corrected chi connectivity index (χ3v) is 6.17. The summed E-state index contributed by atoms with van der Waals surface area (Å²) in [7, 11) is -3.28. The summed E-state index contributed by atoms with van der Waals surface area (Å²) in [5.74, 6) is -44.2. The van der Waals surface area contributed by atoms with E-state index in [1.54, 1.807) is 0 Å². The molecule has 0 aliphatic carbocycles. The molecule has 0 unspecified atom stereocenters. The van der Waals surface area contributed by atoms with E-state index in [-0.39, 0.29) is 12.1 Å². The molecular formula is C26H6BF15O3. The maximum atomic E-state index is 15.2. The molecule has 0 saturated carbocycles. The topological polar surface area (TPSA) is 49.7 Å². The van der Waals surface area contributed by atoms with Crippen LogP contribution in [0.1, 0.15) is 5.56 Å². The Hall–Kier alpha value is -4.65. The van der Waals surface area contributed by atoms with Crippen LogP contribution in [0.3, 0.4) is 0 Å². The van der Waals surface area contributed by atoms with Gasteiger partial charge in [-0.2, -0.15) is 0 Å². The van der Waals surface area contributed by atoms with Gasteiger partial charge in [-0.25, -0.2) is 65.9 Å². The van der Waals surface area contributed by atoms with Crippen LogP contribution < -0.4 is 4.65 Å². The summed E-state index contributed by atoms with van der Waals surface area (Å²) in [6, 6.07) is -0.0995. The molecule has 0 spiro atoms. The van der Waals surface area contributed by atoms with Crippen LogP contribution >= 0.6 is 0 Å². The van der Waals surface area contributed by atoms with Crippen molar-refractivity contribution in [2.45, 2.75) is 0 Å². The van der Waals surface area contributed by atoms with Crippen LogP contribution in [-0.2, 0) is 0 Å². The predicted octanol–water partition coefficient (Wildman–Crippen LogP) is 7.77. The zero-order valence-corrected chi connectivity index (χ0v) is 20.9. The lowest BCUT2D eigenvalue weighted by Crippen LogP contribution is -2.22. The van der Waals surface area contributed by atoms with Gasteiger partial charge in [-0.1, -0.05) is 12.7 Å². The normalized spacial score (nSPS) is 11.3. The average molecular weight is 662 g/mol. The molecule has 0 fully saturated rings. The molecule has 3 nitrogen and oxygen atoms in total. The molecule has 236 valence electrons. The molecule has 0 aromatic heterocycles. The quantitative estimate of drug-likeness (QED) is 0.0961. The average Bonchev–Trinajstić information content (AvgIpc) is 2.99. The molecule has 0 aliphatic heterocycles. The maximum absolute atomic E-state index is 15.2. The molecule has 45 heavy (non-hydrogen) atoms. The Morgan fingerprint density at radius 2 is 0.733 bits per heavy atom. The Morgan fingerprint density at radius 3 is 1.04 bits per heavy atom. The van der Waals surface area contributed by atoms with Gasteiger partial charge in [-0.15, -0.1) is 0 Å². The number of halogens is 15. The largest absolute Gasteiger partial charge is 0.707 e. The molecule has 0 aliphatic rings. The van der Waals surface area contributed by atoms with Crippen molar-refractivity contribution in [1.29, 1.82) is 0 Å². The van der Waals surface area contributed by atoms with Crippen molar-refractivity contribution in [3.63, 3.8) is 0 Å². The molecule has 4 aromatic rings. The molecule has 19 heteroatoms. The van der Waals surface area contributed by atoms with Crippen molar-refractivity contribution in [3.8, 4) is 39.1 Å². The molecule has 0 heterocycles. The first-order valence-corrected chi connectivity index (χ1v) is 11.3. The second-order valence-electron chi connectivity index (χ2n) is 8.57. The van der Waals surface area contributed by atoms with E-state index in [0.29, 0.717) is 0 Å². The van der Waals surface area contributed by atoms with Crippen molar-refractivity contribution in [2.24, 2.45) is 0 Å². The van der Waals surface area contributed by atoms with Gasteiger partial charge < -0.3 is 14.7 Å². The van der Waals surface area contributed by atoms with Gasteiger partial charge in [0.15, 0.2) is 69.8 Å². The van der Waals surface area contributed by atoms with Crippen molar-refractivity contribution in [1.82, 2.24) is 0 Å². The van der Waals surface area contributed by atoms with Crippen LogP contribution in [0.2, 0.25) is 0 Å². The molecule has 4 aromatic carbocycles. The molecular weight excluding hydrogens is 656 g/mol. The Morgan fingerprint density at radius 1 is 0.444 bits per heavy atom. The minimum Gasteiger partial charge on any atom is -0.511 e. The van der Waals surface area contributed by atoms with Crippen molar-refractivity contribution in [2.75, 3.05) is 0 Å². The van der Waals surface area contributed by atoms with E-state index in [9.17, 15) is 58.3 Å². The van der Waals surface area contributed by atoms with Gasteiger partial charge in [0.25, 0.3) is 0 Å². The summed E-state index contributed by atoms with van der Waals surface area (Å²) < 4.78 is 222. The third-order valence-electron chi connectivity index (χ3n) is 6.17. The van der Waals surface area contributed by atoms with Crippen molar-refractivity contribution >= 4 is 13.4 Å². The summed E-state index contributed by atoms with van der Waals surface area (Å²) in [5, 5.41) is 18.7. The molecule has 0 saturated heterocycles. The fraction of sp³-hybridized carbons (Fsp3) is 0. The Bertz CT molecular complexity index is 1860. The van der Waals surface area contributed by atoms with Crippen LogP contribution in [0.15, 0.2) is 12.6 Å². The number of hydrogen-bond donors (Lipinski definition) is 2. The molecule has 0 radical (unpaired) electrons. The first kappa shape index (κ1) is 33.3. The van der Waals surface area contributed by atoms with Crippen LogP contribution in [0.4, 0.5) is 65.9 Å². The van der Waals surface area contributed by atoms with E-state index in [0.717, 1.165) is 0 Å². The van der Waals surface area contributed by atoms with Crippen LogP contribution in [-0.4, -0.2) is 17.4 Å². The van der Waals surface area contributed by atoms with E-state index in [1.165, 1.54) is 0 Å². The second-order valence-corrected chi connectivity index (χ2v) is 8.57. The van der Waals surface area contributed by atoms with Gasteiger partial charge in [0.1, 0.15) is 5.75 Å². The van der Waals surface area contributed by atoms with Crippen molar-refractivity contribution < 1.29 is 80.6 Å². The monoisotopic (exact) mass is 662 g/mol. The first-order valence-electron chi connectivity index (χ1n) is 11.3. The van der Waals surface area contributed by atoms with E-state index in [1.807, 2.05) is 0 Å². The Kier molecular flexibility index (Phi) is 8.64. The molecule has 0 bridgehead atoms. The van der Waals surface area contributed by atoms with E-state index in [4.69, 9.17) is 0 Å². The maximum Gasteiger partial charge on any atom is 0.707 e. The summed E-state index contributed by atoms with van der Waals surface area (Å²) >= 11 is 0. The molecule has 4 rings (SSSR count). The summed E-state index contributed by atoms with van der Waals surface area (Å²) in [5.41, 5.74) is -13.9. The van der Waals surface area contributed by atoms with Gasteiger partial charge in [0.05, 0.1) is 16.7 Å². The van der Waals surface area contributed by atoms with Gasteiger partial charge >= 0.3 is 7.32 Å². The number of rotatable bonds is 6. The van der Waals surface area contributed by atoms with E-state index in [2.05, 4.69) is 11.2 Å². The summed E-state index contributed by atoms with van der Waals surface area (Å²) in [6.45, 7) is 3.02.